The van der Waals surface area contributed by atoms with E-state index in [0.29, 0.717) is 28.3 Å². The number of benzene rings is 2. The van der Waals surface area contributed by atoms with Gasteiger partial charge in [0.05, 0.1) is 12.7 Å². The third-order valence-corrected chi connectivity index (χ3v) is 4.60. The topological polar surface area (TPSA) is 101 Å². The van der Waals surface area contributed by atoms with Gasteiger partial charge in [0, 0.05) is 17.3 Å². The summed E-state index contributed by atoms with van der Waals surface area (Å²) in [5, 5.41) is 14.7. The Labute approximate surface area is 178 Å². The smallest absolute Gasteiger partial charge is 0.371 e. The van der Waals surface area contributed by atoms with Crippen molar-refractivity contribution in [2.45, 2.75) is 13.3 Å². The van der Waals surface area contributed by atoms with E-state index < -0.39 is 5.97 Å². The Morgan fingerprint density at radius 1 is 1.10 bits per heavy atom. The molecule has 1 heterocycles. The summed E-state index contributed by atoms with van der Waals surface area (Å²) in [5.41, 5.74) is 2.83. The van der Waals surface area contributed by atoms with Gasteiger partial charge in [-0.1, -0.05) is 19.1 Å². The summed E-state index contributed by atoms with van der Waals surface area (Å²) in [6.45, 7) is 2.05. The molecule has 3 rings (SSSR count). The van der Waals surface area contributed by atoms with Crippen molar-refractivity contribution >= 4 is 34.9 Å². The molecular weight excluding hydrogens is 404 g/mol. The SMILES string of the molecule is CCc1ccc(C(=O)NC(=S)Nc2ccc(-c3ccc(C(=O)O)o3)c(OC)c2)cc1. The summed E-state index contributed by atoms with van der Waals surface area (Å²) in [4.78, 5) is 23.4. The fourth-order valence-corrected chi connectivity index (χ4v) is 3.01. The second-order valence-electron chi connectivity index (χ2n) is 6.34. The molecule has 0 radical (unpaired) electrons. The van der Waals surface area contributed by atoms with Gasteiger partial charge in [0.2, 0.25) is 5.76 Å². The van der Waals surface area contributed by atoms with Gasteiger partial charge in [-0.3, -0.25) is 10.1 Å². The number of amides is 1. The molecule has 0 unspecified atom stereocenters. The molecule has 154 valence electrons. The molecule has 0 saturated heterocycles. The lowest BCUT2D eigenvalue weighted by atomic mass is 10.1. The third-order valence-electron chi connectivity index (χ3n) is 4.39. The zero-order valence-corrected chi connectivity index (χ0v) is 17.2. The number of hydrogen-bond acceptors (Lipinski definition) is 5. The maximum Gasteiger partial charge on any atom is 0.371 e. The van der Waals surface area contributed by atoms with Crippen molar-refractivity contribution in [3.8, 4) is 17.1 Å². The van der Waals surface area contributed by atoms with Crippen LogP contribution in [0.15, 0.2) is 59.0 Å². The molecule has 0 aliphatic heterocycles. The predicted octanol–water partition coefficient (Wildman–Crippen LogP) is 4.34. The van der Waals surface area contributed by atoms with Crippen molar-refractivity contribution in [1.29, 1.82) is 0 Å². The van der Waals surface area contributed by atoms with Crippen LogP contribution in [0.4, 0.5) is 5.69 Å². The largest absolute Gasteiger partial charge is 0.496 e. The van der Waals surface area contributed by atoms with Gasteiger partial charge in [-0.2, -0.15) is 0 Å². The highest BCUT2D eigenvalue weighted by Gasteiger charge is 2.15. The molecule has 0 atom stereocenters. The van der Waals surface area contributed by atoms with Gasteiger partial charge < -0.3 is 19.6 Å². The van der Waals surface area contributed by atoms with Crippen LogP contribution in [0.2, 0.25) is 0 Å². The van der Waals surface area contributed by atoms with E-state index in [1.165, 1.54) is 13.2 Å². The number of thiocarbonyl (C=S) groups is 1. The van der Waals surface area contributed by atoms with Crippen molar-refractivity contribution in [1.82, 2.24) is 5.32 Å². The highest BCUT2D eigenvalue weighted by molar-refractivity contribution is 7.80. The molecule has 0 aliphatic rings. The number of hydrogen-bond donors (Lipinski definition) is 3. The fourth-order valence-electron chi connectivity index (χ4n) is 2.80. The second-order valence-corrected chi connectivity index (χ2v) is 6.75. The number of carboxylic acids is 1. The van der Waals surface area contributed by atoms with Crippen LogP contribution < -0.4 is 15.4 Å². The van der Waals surface area contributed by atoms with E-state index in [4.69, 9.17) is 26.5 Å². The molecule has 3 N–H and O–H groups in total. The number of rotatable bonds is 6. The Morgan fingerprint density at radius 3 is 2.43 bits per heavy atom. The summed E-state index contributed by atoms with van der Waals surface area (Å²) in [6.07, 6.45) is 0.898. The van der Waals surface area contributed by atoms with E-state index in [0.717, 1.165) is 12.0 Å². The zero-order chi connectivity index (χ0) is 21.7. The molecule has 1 aromatic heterocycles. The van der Waals surface area contributed by atoms with Crippen LogP contribution in [0.5, 0.6) is 5.75 Å². The average Bonchev–Trinajstić information content (AvgIpc) is 3.24. The van der Waals surface area contributed by atoms with E-state index in [9.17, 15) is 9.59 Å². The molecule has 2 aromatic carbocycles. The standard InChI is InChI=1S/C22H20N2O5S/c1-3-13-4-6-14(7-5-13)20(25)24-22(30)23-15-8-9-16(19(12-15)28-2)17-10-11-18(29-17)21(26)27/h4-12H,3H2,1-2H3,(H,26,27)(H2,23,24,25,30). The van der Waals surface area contributed by atoms with Gasteiger partial charge in [0.15, 0.2) is 5.11 Å². The van der Waals surface area contributed by atoms with E-state index in [2.05, 4.69) is 10.6 Å². The minimum Gasteiger partial charge on any atom is -0.496 e. The Balaban J connectivity index is 1.70. The first-order valence-electron chi connectivity index (χ1n) is 9.14. The second kappa shape index (κ2) is 9.23. The number of ether oxygens (including phenoxy) is 1. The molecule has 8 heteroatoms. The van der Waals surface area contributed by atoms with Gasteiger partial charge in [0.25, 0.3) is 5.91 Å². The van der Waals surface area contributed by atoms with Crippen molar-refractivity contribution in [3.05, 3.63) is 71.5 Å². The minimum atomic E-state index is -1.15. The first-order chi connectivity index (χ1) is 14.4. The Hall–Kier alpha value is -3.65. The van der Waals surface area contributed by atoms with Crippen LogP contribution in [0.3, 0.4) is 0 Å². The van der Waals surface area contributed by atoms with Gasteiger partial charge in [-0.25, -0.2) is 4.79 Å². The highest BCUT2D eigenvalue weighted by Crippen LogP contribution is 2.33. The fraction of sp³-hybridized carbons (Fsp3) is 0.136. The molecule has 0 fully saturated rings. The molecule has 30 heavy (non-hydrogen) atoms. The zero-order valence-electron chi connectivity index (χ0n) is 16.4. The first kappa shape index (κ1) is 21.1. The lowest BCUT2D eigenvalue weighted by molar-refractivity contribution is 0.0663. The van der Waals surface area contributed by atoms with Crippen LogP contribution in [0.1, 0.15) is 33.4 Å². The number of methoxy groups -OCH3 is 1. The molecule has 0 bridgehead atoms. The lowest BCUT2D eigenvalue weighted by Gasteiger charge is -2.12. The predicted molar refractivity (Wildman–Crippen MR) is 117 cm³/mol. The summed E-state index contributed by atoms with van der Waals surface area (Å²) < 4.78 is 10.7. The summed E-state index contributed by atoms with van der Waals surface area (Å²) >= 11 is 5.23. The van der Waals surface area contributed by atoms with Crippen molar-refractivity contribution in [2.75, 3.05) is 12.4 Å². The number of nitrogens with one attached hydrogen (secondary N) is 2. The van der Waals surface area contributed by atoms with Crippen LogP contribution >= 0.6 is 12.2 Å². The van der Waals surface area contributed by atoms with Gasteiger partial charge in [-0.05, 0) is 60.6 Å². The van der Waals surface area contributed by atoms with E-state index in [1.807, 2.05) is 19.1 Å². The van der Waals surface area contributed by atoms with Gasteiger partial charge >= 0.3 is 5.97 Å². The van der Waals surface area contributed by atoms with Crippen LogP contribution in [0.25, 0.3) is 11.3 Å². The first-order valence-corrected chi connectivity index (χ1v) is 9.55. The molecule has 1 amide bonds. The van der Waals surface area contributed by atoms with Gasteiger partial charge in [-0.15, -0.1) is 0 Å². The normalized spacial score (nSPS) is 10.3. The van der Waals surface area contributed by atoms with Gasteiger partial charge in [0.1, 0.15) is 11.5 Å². The van der Waals surface area contributed by atoms with Crippen molar-refractivity contribution in [2.24, 2.45) is 0 Å². The van der Waals surface area contributed by atoms with Crippen molar-refractivity contribution < 1.29 is 23.8 Å². The Bertz CT molecular complexity index is 1090. The third kappa shape index (κ3) is 4.84. The van der Waals surface area contributed by atoms with Crippen molar-refractivity contribution in [3.63, 3.8) is 0 Å². The van der Waals surface area contributed by atoms with E-state index >= 15 is 0 Å². The van der Waals surface area contributed by atoms with Crippen LogP contribution in [-0.2, 0) is 6.42 Å². The quantitative estimate of drug-likeness (QED) is 0.506. The molecule has 0 saturated carbocycles. The Morgan fingerprint density at radius 2 is 1.83 bits per heavy atom. The number of anilines is 1. The number of carbonyl (C=O) groups excluding carboxylic acids is 1. The van der Waals surface area contributed by atoms with Crippen LogP contribution in [0, 0.1) is 0 Å². The number of aryl methyl sites for hydroxylation is 1. The molecule has 0 aliphatic carbocycles. The molecule has 0 spiro atoms. The van der Waals surface area contributed by atoms with E-state index in [1.54, 1.807) is 36.4 Å². The number of aromatic carboxylic acids is 1. The number of furan rings is 1. The monoisotopic (exact) mass is 424 g/mol. The highest BCUT2D eigenvalue weighted by atomic mass is 32.1. The lowest BCUT2D eigenvalue weighted by Crippen LogP contribution is -2.34. The molecule has 7 nitrogen and oxygen atoms in total. The summed E-state index contributed by atoms with van der Waals surface area (Å²) in [7, 11) is 1.49. The number of carbonyl (C=O) groups is 2. The maximum atomic E-state index is 12.3. The van der Waals surface area contributed by atoms with Crippen LogP contribution in [-0.4, -0.2) is 29.2 Å². The summed E-state index contributed by atoms with van der Waals surface area (Å²) in [5.74, 6) is -0.803. The maximum absolute atomic E-state index is 12.3. The molecular formula is C22H20N2O5S. The Kier molecular flexibility index (Phi) is 6.48. The number of carboxylic acid groups (broad SMARTS) is 1. The molecule has 3 aromatic rings. The minimum absolute atomic E-state index is 0.139. The average molecular weight is 424 g/mol. The van der Waals surface area contributed by atoms with E-state index in [-0.39, 0.29) is 16.8 Å². The summed E-state index contributed by atoms with van der Waals surface area (Å²) in [6, 6.07) is 15.3.